The second kappa shape index (κ2) is 7.65. The molecule has 134 valence electrons. The molecule has 25 heavy (non-hydrogen) atoms. The smallest absolute Gasteiger partial charge is 0.318 e. The first-order chi connectivity index (χ1) is 12.1. The number of nitrogens with one attached hydrogen (secondary N) is 1. The molecule has 0 saturated carbocycles. The van der Waals surface area contributed by atoms with E-state index in [1.54, 1.807) is 6.33 Å². The maximum Gasteiger partial charge on any atom is 0.318 e. The zero-order chi connectivity index (χ0) is 17.8. The van der Waals surface area contributed by atoms with Crippen molar-refractivity contribution < 1.29 is 9.53 Å². The topological polar surface area (TPSA) is 72.3 Å². The molecule has 7 nitrogen and oxygen atoms in total. The number of carbonyl (C=O) groups excluding carboxylic acids is 1. The Morgan fingerprint density at radius 1 is 1.40 bits per heavy atom. The van der Waals surface area contributed by atoms with Gasteiger partial charge in [-0.1, -0.05) is 24.3 Å². The van der Waals surface area contributed by atoms with Crippen LogP contribution in [0, 0.1) is 6.92 Å². The van der Waals surface area contributed by atoms with Crippen molar-refractivity contribution >= 4 is 6.03 Å². The van der Waals surface area contributed by atoms with Crippen LogP contribution in [0.3, 0.4) is 0 Å². The van der Waals surface area contributed by atoms with Crippen molar-refractivity contribution in [3.63, 3.8) is 0 Å². The molecular weight excluding hydrogens is 318 g/mol. The van der Waals surface area contributed by atoms with Crippen molar-refractivity contribution in [1.29, 1.82) is 0 Å². The summed E-state index contributed by atoms with van der Waals surface area (Å²) in [5.41, 5.74) is 2.32. The summed E-state index contributed by atoms with van der Waals surface area (Å²) >= 11 is 0. The molecule has 3 rings (SSSR count). The fourth-order valence-electron chi connectivity index (χ4n) is 3.11. The SMILES string of the molecule is CCn1cnnc1CNC(=O)N1C[C@@H](c2ccccc2C)OC[C@H]1C. The van der Waals surface area contributed by atoms with Crippen LogP contribution in [0.4, 0.5) is 4.79 Å². The van der Waals surface area contributed by atoms with Crippen molar-refractivity contribution in [3.05, 3.63) is 47.5 Å². The average molecular weight is 343 g/mol. The van der Waals surface area contributed by atoms with Crippen LogP contribution in [0.1, 0.15) is 36.9 Å². The molecule has 1 aliphatic heterocycles. The van der Waals surface area contributed by atoms with Gasteiger partial charge in [0, 0.05) is 6.54 Å². The van der Waals surface area contributed by atoms with E-state index in [1.807, 2.05) is 35.4 Å². The number of nitrogens with zero attached hydrogens (tertiary/aromatic N) is 4. The molecule has 7 heteroatoms. The van der Waals surface area contributed by atoms with E-state index in [4.69, 9.17) is 4.74 Å². The van der Waals surface area contributed by atoms with Crippen molar-refractivity contribution in [2.75, 3.05) is 13.2 Å². The summed E-state index contributed by atoms with van der Waals surface area (Å²) in [6, 6.07) is 8.09. The number of urea groups is 1. The maximum atomic E-state index is 12.7. The number of hydrogen-bond acceptors (Lipinski definition) is 4. The zero-order valence-electron chi connectivity index (χ0n) is 15.0. The Morgan fingerprint density at radius 3 is 2.96 bits per heavy atom. The van der Waals surface area contributed by atoms with Crippen LogP contribution in [0.2, 0.25) is 0 Å². The Hall–Kier alpha value is -2.41. The lowest BCUT2D eigenvalue weighted by Gasteiger charge is -2.38. The molecule has 2 heterocycles. The second-order valence-electron chi connectivity index (χ2n) is 6.37. The molecule has 0 spiro atoms. The summed E-state index contributed by atoms with van der Waals surface area (Å²) < 4.78 is 7.89. The third-order valence-corrected chi connectivity index (χ3v) is 4.66. The predicted octanol–water partition coefficient (Wildman–Crippen LogP) is 2.28. The van der Waals surface area contributed by atoms with E-state index in [0.29, 0.717) is 19.7 Å². The largest absolute Gasteiger partial charge is 0.370 e. The molecule has 2 atom stereocenters. The maximum absolute atomic E-state index is 12.7. The van der Waals surface area contributed by atoms with E-state index < -0.39 is 0 Å². The highest BCUT2D eigenvalue weighted by Gasteiger charge is 2.31. The van der Waals surface area contributed by atoms with Crippen LogP contribution in [0.15, 0.2) is 30.6 Å². The van der Waals surface area contributed by atoms with Gasteiger partial charge in [0.1, 0.15) is 12.4 Å². The van der Waals surface area contributed by atoms with E-state index in [2.05, 4.69) is 34.6 Å². The molecule has 2 amide bonds. The summed E-state index contributed by atoms with van der Waals surface area (Å²) in [7, 11) is 0. The second-order valence-corrected chi connectivity index (χ2v) is 6.37. The van der Waals surface area contributed by atoms with Crippen molar-refractivity contribution in [2.45, 2.75) is 46.0 Å². The van der Waals surface area contributed by atoms with Crippen LogP contribution < -0.4 is 5.32 Å². The molecule has 0 bridgehead atoms. The van der Waals surface area contributed by atoms with Crippen LogP contribution in [0.5, 0.6) is 0 Å². The number of ether oxygens (including phenoxy) is 1. The van der Waals surface area contributed by atoms with Gasteiger partial charge >= 0.3 is 6.03 Å². The number of hydrogen-bond donors (Lipinski definition) is 1. The number of benzene rings is 1. The molecule has 1 fully saturated rings. The summed E-state index contributed by atoms with van der Waals surface area (Å²) in [6.45, 7) is 8.30. The van der Waals surface area contributed by atoms with Gasteiger partial charge in [0.2, 0.25) is 0 Å². The monoisotopic (exact) mass is 343 g/mol. The minimum Gasteiger partial charge on any atom is -0.370 e. The first-order valence-corrected chi connectivity index (χ1v) is 8.68. The van der Waals surface area contributed by atoms with Gasteiger partial charge in [0.25, 0.3) is 0 Å². The summed E-state index contributed by atoms with van der Waals surface area (Å²) in [6.07, 6.45) is 1.58. The third-order valence-electron chi connectivity index (χ3n) is 4.66. The van der Waals surface area contributed by atoms with Crippen LogP contribution in [0.25, 0.3) is 0 Å². The van der Waals surface area contributed by atoms with E-state index in [-0.39, 0.29) is 18.2 Å². The lowest BCUT2D eigenvalue weighted by molar-refractivity contribution is -0.0431. The minimum atomic E-state index is -0.0972. The molecule has 1 saturated heterocycles. The lowest BCUT2D eigenvalue weighted by Crippen LogP contribution is -2.52. The molecule has 0 radical (unpaired) electrons. The molecule has 1 aliphatic rings. The summed E-state index contributed by atoms with van der Waals surface area (Å²) in [4.78, 5) is 14.5. The lowest BCUT2D eigenvalue weighted by atomic mass is 10.0. The standard InChI is InChI=1S/C18H25N5O2/c1-4-22-12-20-21-17(22)9-19-18(24)23-10-16(25-11-14(23)3)15-8-6-5-7-13(15)2/h5-8,12,14,16H,4,9-11H2,1-3H3,(H,19,24)/t14-,16+/m1/s1. The normalized spacial score (nSPS) is 20.5. The van der Waals surface area contributed by atoms with Gasteiger partial charge in [-0.2, -0.15) is 0 Å². The predicted molar refractivity (Wildman–Crippen MR) is 94.0 cm³/mol. The van der Waals surface area contributed by atoms with Gasteiger partial charge < -0.3 is 19.5 Å². The number of aromatic nitrogens is 3. The zero-order valence-corrected chi connectivity index (χ0v) is 15.0. The van der Waals surface area contributed by atoms with Crippen molar-refractivity contribution in [2.24, 2.45) is 0 Å². The Labute approximate surface area is 148 Å². The van der Waals surface area contributed by atoms with E-state index in [9.17, 15) is 4.79 Å². The number of carbonyl (C=O) groups is 1. The number of amides is 2. The molecule has 2 aromatic rings. The Bertz CT molecular complexity index is 730. The van der Waals surface area contributed by atoms with Crippen molar-refractivity contribution in [3.8, 4) is 0 Å². The average Bonchev–Trinajstić information content (AvgIpc) is 3.08. The third kappa shape index (κ3) is 3.82. The number of aryl methyl sites for hydroxylation is 2. The molecule has 1 N–H and O–H groups in total. The van der Waals surface area contributed by atoms with Crippen LogP contribution in [-0.2, 0) is 17.8 Å². The van der Waals surface area contributed by atoms with Crippen molar-refractivity contribution in [1.82, 2.24) is 25.0 Å². The number of rotatable bonds is 4. The van der Waals surface area contributed by atoms with Gasteiger partial charge in [-0.3, -0.25) is 0 Å². The van der Waals surface area contributed by atoms with Crippen LogP contribution in [-0.4, -0.2) is 44.9 Å². The molecule has 0 aliphatic carbocycles. The molecular formula is C18H25N5O2. The fraction of sp³-hybridized carbons (Fsp3) is 0.500. The first kappa shape index (κ1) is 17.4. The summed E-state index contributed by atoms with van der Waals surface area (Å²) in [5, 5.41) is 10.9. The fourth-order valence-corrected chi connectivity index (χ4v) is 3.11. The molecule has 1 aromatic heterocycles. The van der Waals surface area contributed by atoms with E-state index in [1.165, 1.54) is 5.56 Å². The summed E-state index contributed by atoms with van der Waals surface area (Å²) in [5.74, 6) is 0.757. The first-order valence-electron chi connectivity index (χ1n) is 8.68. The molecule has 1 aromatic carbocycles. The molecule has 0 unspecified atom stereocenters. The minimum absolute atomic E-state index is 0.0318. The van der Waals surface area contributed by atoms with Gasteiger partial charge in [-0.05, 0) is 31.9 Å². The van der Waals surface area contributed by atoms with Gasteiger partial charge in [0.15, 0.2) is 5.82 Å². The van der Waals surface area contributed by atoms with Gasteiger partial charge in [0.05, 0.1) is 25.7 Å². The Kier molecular flexibility index (Phi) is 5.33. The highest BCUT2D eigenvalue weighted by molar-refractivity contribution is 5.74. The van der Waals surface area contributed by atoms with E-state index >= 15 is 0 Å². The number of morpholine rings is 1. The van der Waals surface area contributed by atoms with Gasteiger partial charge in [-0.25, -0.2) is 4.79 Å². The van der Waals surface area contributed by atoms with E-state index in [0.717, 1.165) is 17.9 Å². The van der Waals surface area contributed by atoms with Gasteiger partial charge in [-0.15, -0.1) is 10.2 Å². The van der Waals surface area contributed by atoms with Crippen LogP contribution >= 0.6 is 0 Å². The quantitative estimate of drug-likeness (QED) is 0.924. The highest BCUT2D eigenvalue weighted by Crippen LogP contribution is 2.27. The highest BCUT2D eigenvalue weighted by atomic mass is 16.5. The Balaban J connectivity index is 1.65. The Morgan fingerprint density at radius 2 is 2.20 bits per heavy atom.